The normalized spacial score (nSPS) is 30.6. The van der Waals surface area contributed by atoms with E-state index in [9.17, 15) is 14.6 Å². The van der Waals surface area contributed by atoms with E-state index in [1.807, 2.05) is 0 Å². The fourth-order valence-corrected chi connectivity index (χ4v) is 2.36. The van der Waals surface area contributed by atoms with E-state index in [4.69, 9.17) is 10.5 Å². The van der Waals surface area contributed by atoms with Crippen LogP contribution in [0.3, 0.4) is 0 Å². The molecular formula is C12H14FN5O3. The average Bonchev–Trinajstić information content (AvgIpc) is 3.02. The lowest BCUT2D eigenvalue weighted by Crippen LogP contribution is -2.34. The van der Waals surface area contributed by atoms with E-state index in [1.165, 1.54) is 17.2 Å². The lowest BCUT2D eigenvalue weighted by Gasteiger charge is -2.17. The van der Waals surface area contributed by atoms with Gasteiger partial charge >= 0.3 is 0 Å². The van der Waals surface area contributed by atoms with Gasteiger partial charge < -0.3 is 20.7 Å². The van der Waals surface area contributed by atoms with Gasteiger partial charge in [0.05, 0.1) is 6.33 Å². The molecule has 3 heterocycles. The molecule has 1 saturated heterocycles. The van der Waals surface area contributed by atoms with Crippen LogP contribution in [0.5, 0.6) is 0 Å². The predicted molar refractivity (Wildman–Crippen MR) is 70.8 cm³/mol. The second-order valence-corrected chi connectivity index (χ2v) is 4.74. The molecule has 0 bridgehead atoms. The van der Waals surface area contributed by atoms with Gasteiger partial charge in [-0.05, 0) is 0 Å². The molecule has 0 spiro atoms. The highest BCUT2D eigenvalue weighted by atomic mass is 19.1. The number of alkyl halides is 1. The lowest BCUT2D eigenvalue weighted by molar-refractivity contribution is -0.0657. The Labute approximate surface area is 118 Å². The smallest absolute Gasteiger partial charge is 0.167 e. The van der Waals surface area contributed by atoms with Crippen molar-refractivity contribution < 1.29 is 19.3 Å². The summed E-state index contributed by atoms with van der Waals surface area (Å²) < 4.78 is 20.8. The molecule has 9 heteroatoms. The summed E-state index contributed by atoms with van der Waals surface area (Å²) >= 11 is 0. The summed E-state index contributed by atoms with van der Waals surface area (Å²) in [7, 11) is 0. The monoisotopic (exact) mass is 295 g/mol. The minimum Gasteiger partial charge on any atom is -0.386 e. The number of nitrogens with zero attached hydrogens (tertiary/aromatic N) is 4. The molecule has 4 N–H and O–H groups in total. The van der Waals surface area contributed by atoms with Gasteiger partial charge in [-0.1, -0.05) is 6.08 Å². The zero-order valence-corrected chi connectivity index (χ0v) is 10.9. The number of aromatic nitrogens is 4. The van der Waals surface area contributed by atoms with E-state index in [0.717, 1.165) is 6.08 Å². The SMILES string of the molecule is C=CC(O)[C@H]1O[C@@H](n2cnc3c(N)ncnc32)[C@H](O)[C@@H]1F. The topological polar surface area (TPSA) is 119 Å². The van der Waals surface area contributed by atoms with Crippen molar-refractivity contribution in [2.75, 3.05) is 5.73 Å². The van der Waals surface area contributed by atoms with Crippen molar-refractivity contribution in [3.63, 3.8) is 0 Å². The molecule has 8 nitrogen and oxygen atoms in total. The molecule has 112 valence electrons. The third-order valence-corrected chi connectivity index (χ3v) is 3.47. The van der Waals surface area contributed by atoms with Gasteiger partial charge in [0.2, 0.25) is 0 Å². The Bertz CT molecular complexity index is 678. The number of ether oxygens (including phenoxy) is 1. The van der Waals surface area contributed by atoms with Crippen molar-refractivity contribution in [3.8, 4) is 0 Å². The molecule has 2 aromatic rings. The number of fused-ring (bicyclic) bond motifs is 1. The van der Waals surface area contributed by atoms with E-state index in [0.29, 0.717) is 11.2 Å². The summed E-state index contributed by atoms with van der Waals surface area (Å²) in [6, 6.07) is 0. The van der Waals surface area contributed by atoms with Gasteiger partial charge in [0, 0.05) is 0 Å². The quantitative estimate of drug-likeness (QED) is 0.656. The van der Waals surface area contributed by atoms with Crippen LogP contribution >= 0.6 is 0 Å². The molecule has 3 rings (SSSR count). The van der Waals surface area contributed by atoms with Gasteiger partial charge in [-0.15, -0.1) is 6.58 Å². The largest absolute Gasteiger partial charge is 0.386 e. The molecule has 21 heavy (non-hydrogen) atoms. The van der Waals surface area contributed by atoms with E-state index in [1.54, 1.807) is 0 Å². The third kappa shape index (κ3) is 2.06. The molecule has 1 aliphatic heterocycles. The van der Waals surface area contributed by atoms with Crippen LogP contribution in [0.15, 0.2) is 25.3 Å². The number of aliphatic hydroxyl groups excluding tert-OH is 2. The minimum absolute atomic E-state index is 0.172. The van der Waals surface area contributed by atoms with Gasteiger partial charge in [-0.25, -0.2) is 19.3 Å². The Hall–Kier alpha value is -2.10. The molecule has 1 fully saturated rings. The first kappa shape index (κ1) is 13.9. The van der Waals surface area contributed by atoms with Crippen LogP contribution in [0, 0.1) is 0 Å². The number of aliphatic hydroxyl groups is 2. The average molecular weight is 295 g/mol. The Morgan fingerprint density at radius 3 is 2.95 bits per heavy atom. The fraction of sp³-hybridized carbons (Fsp3) is 0.417. The zero-order valence-electron chi connectivity index (χ0n) is 10.9. The Morgan fingerprint density at radius 2 is 2.24 bits per heavy atom. The maximum absolute atomic E-state index is 14.1. The minimum atomic E-state index is -1.76. The van der Waals surface area contributed by atoms with Gasteiger partial charge in [0.1, 0.15) is 30.2 Å². The third-order valence-electron chi connectivity index (χ3n) is 3.47. The molecule has 1 unspecified atom stereocenters. The van der Waals surface area contributed by atoms with Crippen LogP contribution in [0.2, 0.25) is 0 Å². The zero-order chi connectivity index (χ0) is 15.1. The van der Waals surface area contributed by atoms with Crippen molar-refractivity contribution in [3.05, 3.63) is 25.3 Å². The second-order valence-electron chi connectivity index (χ2n) is 4.74. The van der Waals surface area contributed by atoms with Crippen molar-refractivity contribution in [2.45, 2.75) is 30.7 Å². The molecule has 1 aliphatic rings. The van der Waals surface area contributed by atoms with Crippen molar-refractivity contribution in [1.82, 2.24) is 19.5 Å². The summed E-state index contributed by atoms with van der Waals surface area (Å²) in [6.07, 6.45) is -3.03. The maximum atomic E-state index is 14.1. The first-order chi connectivity index (χ1) is 10.0. The number of hydrogen-bond donors (Lipinski definition) is 3. The van der Waals surface area contributed by atoms with Gasteiger partial charge in [-0.3, -0.25) is 4.57 Å². The molecule has 5 atom stereocenters. The molecular weight excluding hydrogens is 281 g/mol. The van der Waals surface area contributed by atoms with Crippen LogP contribution in [0.25, 0.3) is 11.2 Å². The fourth-order valence-electron chi connectivity index (χ4n) is 2.36. The van der Waals surface area contributed by atoms with Gasteiger partial charge in [-0.2, -0.15) is 0 Å². The highest BCUT2D eigenvalue weighted by Crippen LogP contribution is 2.35. The number of halogens is 1. The Morgan fingerprint density at radius 1 is 1.48 bits per heavy atom. The predicted octanol–water partition coefficient (Wildman–Crippen LogP) is -0.448. The number of anilines is 1. The van der Waals surface area contributed by atoms with Gasteiger partial charge in [0.15, 0.2) is 23.9 Å². The summed E-state index contributed by atoms with van der Waals surface area (Å²) in [5.74, 6) is 0.172. The number of rotatable bonds is 3. The number of hydrogen-bond acceptors (Lipinski definition) is 7. The van der Waals surface area contributed by atoms with E-state index >= 15 is 0 Å². The van der Waals surface area contributed by atoms with E-state index in [-0.39, 0.29) is 5.82 Å². The molecule has 0 saturated carbocycles. The highest BCUT2D eigenvalue weighted by molar-refractivity contribution is 5.81. The number of nitrogen functional groups attached to an aromatic ring is 1. The molecule has 0 radical (unpaired) electrons. The van der Waals surface area contributed by atoms with E-state index in [2.05, 4.69) is 21.5 Å². The van der Waals surface area contributed by atoms with Crippen LogP contribution in [-0.4, -0.2) is 54.2 Å². The molecule has 0 aliphatic carbocycles. The number of nitrogens with two attached hydrogens (primary N) is 1. The first-order valence-electron chi connectivity index (χ1n) is 6.26. The van der Waals surface area contributed by atoms with Crippen LogP contribution in [0.1, 0.15) is 6.23 Å². The van der Waals surface area contributed by atoms with Crippen LogP contribution < -0.4 is 5.73 Å². The molecule has 0 aromatic carbocycles. The number of imidazole rings is 1. The highest BCUT2D eigenvalue weighted by Gasteiger charge is 2.48. The standard InChI is InChI=1S/C12H14FN5O3/c1-2-5(19)9-6(13)8(20)12(21-9)18-4-17-7-10(14)15-3-16-11(7)18/h2-6,8-9,12,19-20H,1H2,(H2,14,15,16)/t5?,6-,8+,9+,12+/m0/s1. The van der Waals surface area contributed by atoms with Crippen LogP contribution in [-0.2, 0) is 4.74 Å². The summed E-state index contributed by atoms with van der Waals surface area (Å²) in [5, 5.41) is 19.7. The Kier molecular flexibility index (Phi) is 3.32. The summed E-state index contributed by atoms with van der Waals surface area (Å²) in [5.41, 5.74) is 6.31. The molecule has 2 aromatic heterocycles. The van der Waals surface area contributed by atoms with E-state index < -0.39 is 30.7 Å². The first-order valence-corrected chi connectivity index (χ1v) is 6.26. The summed E-state index contributed by atoms with van der Waals surface area (Å²) in [4.78, 5) is 11.8. The van der Waals surface area contributed by atoms with Crippen molar-refractivity contribution in [1.29, 1.82) is 0 Å². The molecule has 0 amide bonds. The van der Waals surface area contributed by atoms with Gasteiger partial charge in [0.25, 0.3) is 0 Å². The van der Waals surface area contributed by atoms with Crippen molar-refractivity contribution in [2.24, 2.45) is 0 Å². The lowest BCUT2D eigenvalue weighted by atomic mass is 10.1. The van der Waals surface area contributed by atoms with Crippen molar-refractivity contribution >= 4 is 17.0 Å². The summed E-state index contributed by atoms with van der Waals surface area (Å²) in [6.45, 7) is 3.38. The maximum Gasteiger partial charge on any atom is 0.167 e. The Balaban J connectivity index is 1.99. The second kappa shape index (κ2) is 5.02. The van der Waals surface area contributed by atoms with Crippen LogP contribution in [0.4, 0.5) is 10.2 Å².